The predicted octanol–water partition coefficient (Wildman–Crippen LogP) is 2.88. The van der Waals surface area contributed by atoms with Crippen LogP contribution in [0.4, 0.5) is 0 Å². The minimum absolute atomic E-state index is 0.0624. The zero-order valence-electron chi connectivity index (χ0n) is 15.7. The average molecular weight is 364 g/mol. The van der Waals surface area contributed by atoms with Crippen molar-refractivity contribution in [3.05, 3.63) is 59.6 Å². The summed E-state index contributed by atoms with van der Waals surface area (Å²) in [7, 11) is 0. The predicted molar refractivity (Wildman–Crippen MR) is 102 cm³/mol. The highest BCUT2D eigenvalue weighted by molar-refractivity contribution is 5.95. The van der Waals surface area contributed by atoms with Crippen molar-refractivity contribution in [2.45, 2.75) is 39.0 Å². The lowest BCUT2D eigenvalue weighted by Gasteiger charge is -2.31. The van der Waals surface area contributed by atoms with Crippen LogP contribution >= 0.6 is 0 Å². The summed E-state index contributed by atoms with van der Waals surface area (Å²) in [6.07, 6.45) is 8.10. The van der Waals surface area contributed by atoms with E-state index >= 15 is 0 Å². The summed E-state index contributed by atoms with van der Waals surface area (Å²) < 4.78 is 2.05. The number of aromatic nitrogens is 5. The van der Waals surface area contributed by atoms with Gasteiger partial charge in [-0.2, -0.15) is 5.10 Å². The molecule has 27 heavy (non-hydrogen) atoms. The number of imidazole rings is 1. The average Bonchev–Trinajstić information content (AvgIpc) is 3.36. The van der Waals surface area contributed by atoms with Gasteiger partial charge in [0.2, 0.25) is 0 Å². The monoisotopic (exact) mass is 364 g/mol. The molecule has 3 aromatic heterocycles. The van der Waals surface area contributed by atoms with Gasteiger partial charge in [0.05, 0.1) is 11.8 Å². The lowest BCUT2D eigenvalue weighted by Crippen LogP contribution is -2.38. The van der Waals surface area contributed by atoms with Gasteiger partial charge in [0.15, 0.2) is 0 Å². The SMILES string of the molecule is CCc1nccn1-c1cccc(C2CCN(C(=O)c3cn[nH]c3C)CC2)n1. The van der Waals surface area contributed by atoms with Gasteiger partial charge >= 0.3 is 0 Å². The molecule has 0 spiro atoms. The van der Waals surface area contributed by atoms with Crippen LogP contribution in [0.2, 0.25) is 0 Å². The normalized spacial score (nSPS) is 15.3. The first-order chi connectivity index (χ1) is 13.2. The molecule has 7 nitrogen and oxygen atoms in total. The molecular formula is C20H24N6O. The maximum Gasteiger partial charge on any atom is 0.257 e. The summed E-state index contributed by atoms with van der Waals surface area (Å²) >= 11 is 0. The molecule has 0 radical (unpaired) electrons. The number of hydrogen-bond donors (Lipinski definition) is 1. The van der Waals surface area contributed by atoms with E-state index in [0.29, 0.717) is 11.5 Å². The Hall–Kier alpha value is -2.96. The molecule has 0 atom stereocenters. The molecule has 4 heterocycles. The third-order valence-electron chi connectivity index (χ3n) is 5.30. The first-order valence-electron chi connectivity index (χ1n) is 9.46. The molecular weight excluding hydrogens is 340 g/mol. The van der Waals surface area contributed by atoms with Gasteiger partial charge in [-0.05, 0) is 31.9 Å². The first-order valence-corrected chi connectivity index (χ1v) is 9.46. The number of carbonyl (C=O) groups is 1. The van der Waals surface area contributed by atoms with Crippen molar-refractivity contribution in [2.75, 3.05) is 13.1 Å². The largest absolute Gasteiger partial charge is 0.338 e. The molecule has 1 amide bonds. The Balaban J connectivity index is 1.46. The zero-order valence-corrected chi connectivity index (χ0v) is 15.7. The standard InChI is InChI=1S/C20H24N6O/c1-3-18-21-9-12-26(18)19-6-4-5-17(23-19)15-7-10-25(11-8-15)20(27)16-13-22-24-14(16)2/h4-6,9,12-13,15H,3,7-8,10-11H2,1-2H3,(H,22,24). The van der Waals surface area contributed by atoms with Crippen LogP contribution in [0.1, 0.15) is 53.3 Å². The first kappa shape index (κ1) is 17.5. The number of nitrogens with one attached hydrogen (secondary N) is 1. The molecule has 1 fully saturated rings. The summed E-state index contributed by atoms with van der Waals surface area (Å²) in [5.74, 6) is 2.35. The van der Waals surface area contributed by atoms with Crippen molar-refractivity contribution in [3.63, 3.8) is 0 Å². The van der Waals surface area contributed by atoms with Crippen LogP contribution < -0.4 is 0 Å². The number of likely N-dealkylation sites (tertiary alicyclic amines) is 1. The maximum atomic E-state index is 12.6. The molecule has 1 aliphatic rings. The maximum absolute atomic E-state index is 12.6. The van der Waals surface area contributed by atoms with E-state index in [2.05, 4.69) is 34.2 Å². The second-order valence-electron chi connectivity index (χ2n) is 6.96. The highest BCUT2D eigenvalue weighted by atomic mass is 16.2. The highest BCUT2D eigenvalue weighted by Gasteiger charge is 2.26. The van der Waals surface area contributed by atoms with E-state index < -0.39 is 0 Å². The number of amides is 1. The molecule has 1 N–H and O–H groups in total. The molecule has 0 unspecified atom stereocenters. The number of piperidine rings is 1. The van der Waals surface area contributed by atoms with Gasteiger partial charge in [-0.3, -0.25) is 14.5 Å². The van der Waals surface area contributed by atoms with Gasteiger partial charge in [-0.15, -0.1) is 0 Å². The van der Waals surface area contributed by atoms with Crippen molar-refractivity contribution in [2.24, 2.45) is 0 Å². The van der Waals surface area contributed by atoms with E-state index in [1.807, 2.05) is 34.9 Å². The molecule has 0 bridgehead atoms. The Labute approximate surface area is 158 Å². The Morgan fingerprint density at radius 3 is 2.81 bits per heavy atom. The highest BCUT2D eigenvalue weighted by Crippen LogP contribution is 2.28. The van der Waals surface area contributed by atoms with Crippen molar-refractivity contribution in [1.82, 2.24) is 29.6 Å². The molecule has 3 aromatic rings. The molecule has 1 aliphatic heterocycles. The lowest BCUT2D eigenvalue weighted by molar-refractivity contribution is 0.0711. The van der Waals surface area contributed by atoms with Crippen LogP contribution in [0, 0.1) is 6.92 Å². The number of aryl methyl sites for hydroxylation is 2. The molecule has 1 saturated heterocycles. The fourth-order valence-electron chi connectivity index (χ4n) is 3.72. The number of H-pyrrole nitrogens is 1. The summed E-state index contributed by atoms with van der Waals surface area (Å²) in [6.45, 7) is 5.46. The summed E-state index contributed by atoms with van der Waals surface area (Å²) in [6, 6.07) is 6.17. The van der Waals surface area contributed by atoms with Crippen LogP contribution in [-0.4, -0.2) is 48.6 Å². The van der Waals surface area contributed by atoms with Gasteiger partial charge in [0.25, 0.3) is 5.91 Å². The number of hydrogen-bond acceptors (Lipinski definition) is 4. The van der Waals surface area contributed by atoms with E-state index in [0.717, 1.165) is 55.4 Å². The minimum atomic E-state index is 0.0624. The van der Waals surface area contributed by atoms with E-state index in [4.69, 9.17) is 4.98 Å². The third kappa shape index (κ3) is 3.37. The number of pyridine rings is 1. The van der Waals surface area contributed by atoms with Crippen molar-refractivity contribution in [1.29, 1.82) is 0 Å². The van der Waals surface area contributed by atoms with Crippen molar-refractivity contribution >= 4 is 5.91 Å². The van der Waals surface area contributed by atoms with Crippen LogP contribution in [0.5, 0.6) is 0 Å². The van der Waals surface area contributed by atoms with E-state index in [9.17, 15) is 4.79 Å². The fraction of sp³-hybridized carbons (Fsp3) is 0.400. The summed E-state index contributed by atoms with van der Waals surface area (Å²) in [4.78, 5) is 23.8. The molecule has 140 valence electrons. The molecule has 7 heteroatoms. The number of nitrogens with zero attached hydrogens (tertiary/aromatic N) is 5. The molecule has 0 aromatic carbocycles. The van der Waals surface area contributed by atoms with Gasteiger partial charge in [-0.1, -0.05) is 13.0 Å². The fourth-order valence-corrected chi connectivity index (χ4v) is 3.72. The van der Waals surface area contributed by atoms with Gasteiger partial charge in [-0.25, -0.2) is 9.97 Å². The quantitative estimate of drug-likeness (QED) is 0.772. The summed E-state index contributed by atoms with van der Waals surface area (Å²) in [5, 5.41) is 6.80. The number of carbonyl (C=O) groups excluding carboxylic acids is 1. The summed E-state index contributed by atoms with van der Waals surface area (Å²) in [5.41, 5.74) is 2.58. The van der Waals surface area contributed by atoms with Gasteiger partial charge < -0.3 is 4.90 Å². The second kappa shape index (κ2) is 7.34. The van der Waals surface area contributed by atoms with Gasteiger partial charge in [0, 0.05) is 49.2 Å². The smallest absolute Gasteiger partial charge is 0.257 e. The van der Waals surface area contributed by atoms with Crippen LogP contribution in [0.15, 0.2) is 36.8 Å². The van der Waals surface area contributed by atoms with E-state index in [1.165, 1.54) is 0 Å². The number of rotatable bonds is 4. The zero-order chi connectivity index (χ0) is 18.8. The number of aromatic amines is 1. The minimum Gasteiger partial charge on any atom is -0.338 e. The molecule has 0 aliphatic carbocycles. The van der Waals surface area contributed by atoms with Crippen LogP contribution in [0.3, 0.4) is 0 Å². The van der Waals surface area contributed by atoms with Gasteiger partial charge in [0.1, 0.15) is 11.6 Å². The Morgan fingerprint density at radius 1 is 1.30 bits per heavy atom. The Kier molecular flexibility index (Phi) is 4.75. The van der Waals surface area contributed by atoms with Crippen LogP contribution in [0.25, 0.3) is 5.82 Å². The van der Waals surface area contributed by atoms with Crippen molar-refractivity contribution < 1.29 is 4.79 Å². The lowest BCUT2D eigenvalue weighted by atomic mass is 9.92. The molecule has 0 saturated carbocycles. The van der Waals surface area contributed by atoms with E-state index in [1.54, 1.807) is 6.20 Å². The van der Waals surface area contributed by atoms with Crippen molar-refractivity contribution in [3.8, 4) is 5.82 Å². The Morgan fingerprint density at radius 2 is 2.11 bits per heavy atom. The topological polar surface area (TPSA) is 79.7 Å². The Bertz CT molecular complexity index is 935. The second-order valence-corrected chi connectivity index (χ2v) is 6.96. The third-order valence-corrected chi connectivity index (χ3v) is 5.30. The van der Waals surface area contributed by atoms with E-state index in [-0.39, 0.29) is 5.91 Å². The molecule has 4 rings (SSSR count). The van der Waals surface area contributed by atoms with Crippen LogP contribution in [-0.2, 0) is 6.42 Å².